The predicted octanol–water partition coefficient (Wildman–Crippen LogP) is 6.16. The maximum Gasteiger partial charge on any atom is 0.416 e. The van der Waals surface area contributed by atoms with Gasteiger partial charge in [-0.05, 0) is 36.2 Å². The number of benzene rings is 2. The molecule has 2 aromatic carbocycles. The number of alkyl halides is 6. The maximum atomic E-state index is 13.7. The molecule has 1 aliphatic heterocycles. The summed E-state index contributed by atoms with van der Waals surface area (Å²) >= 11 is 0. The summed E-state index contributed by atoms with van der Waals surface area (Å²) < 4.78 is 85.9. The lowest BCUT2D eigenvalue weighted by Gasteiger charge is -2.30. The Balaban J connectivity index is 1.81. The third-order valence-electron chi connectivity index (χ3n) is 5.77. The van der Waals surface area contributed by atoms with Gasteiger partial charge in [-0.3, -0.25) is 4.79 Å². The third kappa shape index (κ3) is 5.29. The van der Waals surface area contributed by atoms with Crippen molar-refractivity contribution in [2.45, 2.75) is 32.7 Å². The van der Waals surface area contributed by atoms with Crippen LogP contribution >= 0.6 is 0 Å². The summed E-state index contributed by atoms with van der Waals surface area (Å²) in [6.45, 7) is 3.27. The van der Waals surface area contributed by atoms with Gasteiger partial charge in [0.2, 0.25) is 5.88 Å². The number of hydrogen-bond donors (Lipinski definition) is 0. The molecule has 0 unspecified atom stereocenters. The average molecular weight is 509 g/mol. The molecule has 1 amide bonds. The van der Waals surface area contributed by atoms with Crippen LogP contribution in [0, 0.1) is 12.8 Å². The first-order chi connectivity index (χ1) is 16.8. The highest BCUT2D eigenvalue weighted by molar-refractivity contribution is 6.02. The van der Waals surface area contributed by atoms with E-state index < -0.39 is 35.9 Å². The van der Waals surface area contributed by atoms with E-state index in [-0.39, 0.29) is 47.8 Å². The van der Waals surface area contributed by atoms with Crippen molar-refractivity contribution in [3.63, 3.8) is 0 Å². The van der Waals surface area contributed by atoms with Gasteiger partial charge >= 0.3 is 12.4 Å². The zero-order chi connectivity index (χ0) is 26.3. The number of carbonyl (C=O) groups is 1. The van der Waals surface area contributed by atoms with Gasteiger partial charge in [0, 0.05) is 24.6 Å². The average Bonchev–Trinajstić information content (AvgIpc) is 2.80. The van der Waals surface area contributed by atoms with Crippen molar-refractivity contribution in [2.75, 3.05) is 13.2 Å². The van der Waals surface area contributed by atoms with Crippen LogP contribution in [0.25, 0.3) is 11.3 Å². The quantitative estimate of drug-likeness (QED) is 0.397. The molecule has 11 heteroatoms. The molecule has 0 bridgehead atoms. The molecule has 36 heavy (non-hydrogen) atoms. The van der Waals surface area contributed by atoms with Crippen LogP contribution in [-0.4, -0.2) is 33.9 Å². The molecule has 0 fully saturated rings. The van der Waals surface area contributed by atoms with Crippen molar-refractivity contribution in [1.82, 2.24) is 14.9 Å². The molecule has 1 aliphatic rings. The van der Waals surface area contributed by atoms with Gasteiger partial charge in [0.05, 0.1) is 23.4 Å². The minimum Gasteiger partial charge on any atom is -0.477 e. The fourth-order valence-electron chi connectivity index (χ4n) is 4.07. The molecule has 5 nitrogen and oxygen atoms in total. The Morgan fingerprint density at radius 2 is 1.64 bits per heavy atom. The van der Waals surface area contributed by atoms with Crippen LogP contribution in [0.5, 0.6) is 5.88 Å². The first-order valence-electron chi connectivity index (χ1n) is 11.0. The number of aryl methyl sites for hydroxylation is 1. The number of amides is 1. The Hall–Kier alpha value is -3.63. The number of nitrogens with zero attached hydrogens (tertiary/aromatic N) is 3. The SMILES string of the molecule is Cc1ccccc1-c1ncnc2c1C(=O)N(Cc1cc(C(F)(F)F)cc(C(F)(F)F)c1)C[C@H](C)CO2. The summed E-state index contributed by atoms with van der Waals surface area (Å²) in [5.74, 6) is -0.918. The molecule has 1 aromatic heterocycles. The van der Waals surface area contributed by atoms with Crippen LogP contribution in [-0.2, 0) is 18.9 Å². The van der Waals surface area contributed by atoms with Crippen LogP contribution in [0.3, 0.4) is 0 Å². The van der Waals surface area contributed by atoms with E-state index >= 15 is 0 Å². The normalized spacial score (nSPS) is 16.7. The zero-order valence-electron chi connectivity index (χ0n) is 19.2. The number of ether oxygens (including phenoxy) is 1. The Morgan fingerprint density at radius 3 is 2.25 bits per heavy atom. The van der Waals surface area contributed by atoms with Crippen molar-refractivity contribution >= 4 is 5.91 Å². The summed E-state index contributed by atoms with van der Waals surface area (Å²) in [4.78, 5) is 23.3. The Kier molecular flexibility index (Phi) is 6.68. The standard InChI is InChI=1S/C25H21F6N3O2/c1-14-10-34(11-16-7-17(24(26,27)28)9-18(8-16)25(29,30)31)23(35)20-21(19-6-4-3-5-15(19)2)32-13-33-22(20)36-12-14/h3-9,13-14H,10-12H2,1-2H3/t14-/m0/s1. The number of fused-ring (bicyclic) bond motifs is 1. The zero-order valence-corrected chi connectivity index (χ0v) is 19.2. The summed E-state index contributed by atoms with van der Waals surface area (Å²) in [7, 11) is 0. The van der Waals surface area contributed by atoms with Gasteiger partial charge in [-0.2, -0.15) is 26.3 Å². The summed E-state index contributed by atoms with van der Waals surface area (Å²) in [6.07, 6.45) is -8.74. The van der Waals surface area contributed by atoms with Gasteiger partial charge < -0.3 is 9.64 Å². The lowest BCUT2D eigenvalue weighted by molar-refractivity contribution is -0.143. The van der Waals surface area contributed by atoms with Crippen molar-refractivity contribution in [3.8, 4) is 17.1 Å². The van der Waals surface area contributed by atoms with Crippen LogP contribution in [0.2, 0.25) is 0 Å². The van der Waals surface area contributed by atoms with E-state index in [0.717, 1.165) is 5.56 Å². The van der Waals surface area contributed by atoms with E-state index in [4.69, 9.17) is 4.74 Å². The largest absolute Gasteiger partial charge is 0.477 e. The molecule has 0 spiro atoms. The smallest absolute Gasteiger partial charge is 0.416 e. The highest BCUT2D eigenvalue weighted by Gasteiger charge is 2.37. The highest BCUT2D eigenvalue weighted by Crippen LogP contribution is 2.37. The maximum absolute atomic E-state index is 13.7. The second-order valence-corrected chi connectivity index (χ2v) is 8.73. The Labute approximate surface area is 202 Å². The molecule has 0 N–H and O–H groups in total. The van der Waals surface area contributed by atoms with E-state index in [1.807, 2.05) is 19.1 Å². The second kappa shape index (κ2) is 9.44. The van der Waals surface area contributed by atoms with Gasteiger partial charge in [0.15, 0.2) is 0 Å². The van der Waals surface area contributed by atoms with Crippen LogP contribution in [0.1, 0.15) is 39.5 Å². The number of hydrogen-bond acceptors (Lipinski definition) is 4. The minimum absolute atomic E-state index is 0.00159. The van der Waals surface area contributed by atoms with E-state index in [0.29, 0.717) is 17.7 Å². The molecule has 2 heterocycles. The lowest BCUT2D eigenvalue weighted by Crippen LogP contribution is -2.38. The monoisotopic (exact) mass is 509 g/mol. The van der Waals surface area contributed by atoms with Gasteiger partial charge in [0.1, 0.15) is 11.9 Å². The molecule has 0 saturated carbocycles. The van der Waals surface area contributed by atoms with Crippen molar-refractivity contribution in [3.05, 3.63) is 76.6 Å². The number of carbonyl (C=O) groups excluding carboxylic acids is 1. The summed E-state index contributed by atoms with van der Waals surface area (Å²) in [6, 6.07) is 8.46. The lowest BCUT2D eigenvalue weighted by atomic mass is 9.99. The minimum atomic E-state index is -4.99. The van der Waals surface area contributed by atoms with Crippen LogP contribution < -0.4 is 4.74 Å². The first kappa shape index (κ1) is 25.5. The third-order valence-corrected chi connectivity index (χ3v) is 5.77. The van der Waals surface area contributed by atoms with E-state index in [1.165, 1.54) is 11.2 Å². The van der Waals surface area contributed by atoms with Gasteiger partial charge in [0.25, 0.3) is 5.91 Å². The summed E-state index contributed by atoms with van der Waals surface area (Å²) in [5, 5.41) is 0. The fraction of sp³-hybridized carbons (Fsp3) is 0.320. The van der Waals surface area contributed by atoms with Crippen LogP contribution in [0.15, 0.2) is 48.8 Å². The first-order valence-corrected chi connectivity index (χ1v) is 11.0. The molecule has 3 aromatic rings. The number of rotatable bonds is 3. The van der Waals surface area contributed by atoms with E-state index in [1.54, 1.807) is 19.1 Å². The molecular weight excluding hydrogens is 488 g/mol. The second-order valence-electron chi connectivity index (χ2n) is 8.73. The Bertz CT molecular complexity index is 1260. The van der Waals surface area contributed by atoms with Gasteiger partial charge in [-0.25, -0.2) is 9.97 Å². The number of halogens is 6. The fourth-order valence-corrected chi connectivity index (χ4v) is 4.07. The topological polar surface area (TPSA) is 55.3 Å². The number of aromatic nitrogens is 2. The molecule has 0 aliphatic carbocycles. The van der Waals surface area contributed by atoms with E-state index in [2.05, 4.69) is 9.97 Å². The molecule has 0 saturated heterocycles. The molecule has 4 rings (SSSR count). The molecule has 1 atom stereocenters. The van der Waals surface area contributed by atoms with E-state index in [9.17, 15) is 31.1 Å². The molecule has 190 valence electrons. The van der Waals surface area contributed by atoms with Crippen molar-refractivity contribution in [2.24, 2.45) is 5.92 Å². The molecule has 0 radical (unpaired) electrons. The molecular formula is C25H21F6N3O2. The highest BCUT2D eigenvalue weighted by atomic mass is 19.4. The summed E-state index contributed by atoms with van der Waals surface area (Å²) in [5.41, 5.74) is -1.47. The van der Waals surface area contributed by atoms with Crippen molar-refractivity contribution < 1.29 is 35.9 Å². The Morgan fingerprint density at radius 1 is 1.00 bits per heavy atom. The van der Waals surface area contributed by atoms with Gasteiger partial charge in [-0.15, -0.1) is 0 Å². The van der Waals surface area contributed by atoms with Gasteiger partial charge in [-0.1, -0.05) is 31.2 Å². The predicted molar refractivity (Wildman–Crippen MR) is 118 cm³/mol. The van der Waals surface area contributed by atoms with Crippen molar-refractivity contribution in [1.29, 1.82) is 0 Å². The van der Waals surface area contributed by atoms with Crippen LogP contribution in [0.4, 0.5) is 26.3 Å².